The Bertz CT molecular complexity index is 746. The maximum Gasteiger partial charge on any atom is 0.215 e. The summed E-state index contributed by atoms with van der Waals surface area (Å²) in [5.41, 5.74) is 3.37. The Morgan fingerprint density at radius 1 is 1.11 bits per heavy atom. The van der Waals surface area contributed by atoms with Crippen molar-refractivity contribution in [2.24, 2.45) is 4.99 Å². The zero-order chi connectivity index (χ0) is 19.5. The van der Waals surface area contributed by atoms with E-state index in [0.717, 1.165) is 36.6 Å². The van der Waals surface area contributed by atoms with Gasteiger partial charge >= 0.3 is 0 Å². The van der Waals surface area contributed by atoms with Gasteiger partial charge in [0.25, 0.3) is 0 Å². The molecule has 3 N–H and O–H groups in total. The van der Waals surface area contributed by atoms with Gasteiger partial charge in [-0.15, -0.1) is 24.0 Å². The predicted molar refractivity (Wildman–Crippen MR) is 128 cm³/mol. The number of allylic oxidation sites excluding steroid dienone is 1. The molecule has 158 valence electrons. The number of nitrogens with zero attached hydrogens (tertiary/aromatic N) is 1. The van der Waals surface area contributed by atoms with Gasteiger partial charge in [-0.2, -0.15) is 0 Å². The molecule has 0 spiro atoms. The molecule has 8 heteroatoms. The van der Waals surface area contributed by atoms with Crippen LogP contribution in [0.3, 0.4) is 0 Å². The van der Waals surface area contributed by atoms with Crippen LogP contribution in [0.4, 0.5) is 0 Å². The van der Waals surface area contributed by atoms with E-state index < -0.39 is 10.0 Å². The lowest BCUT2D eigenvalue weighted by molar-refractivity contribution is 0.587. The first kappa shape index (κ1) is 24.9. The highest BCUT2D eigenvalue weighted by Gasteiger charge is 2.08. The smallest absolute Gasteiger partial charge is 0.215 e. The van der Waals surface area contributed by atoms with E-state index in [9.17, 15) is 8.42 Å². The second-order valence-electron chi connectivity index (χ2n) is 6.76. The van der Waals surface area contributed by atoms with Crippen LogP contribution in [0.5, 0.6) is 0 Å². The van der Waals surface area contributed by atoms with Gasteiger partial charge in [0.05, 0.1) is 12.3 Å². The summed E-state index contributed by atoms with van der Waals surface area (Å²) in [5, 5.41) is 6.67. The zero-order valence-electron chi connectivity index (χ0n) is 16.8. The van der Waals surface area contributed by atoms with Gasteiger partial charge in [-0.25, -0.2) is 18.1 Å². The van der Waals surface area contributed by atoms with Crippen molar-refractivity contribution < 1.29 is 8.42 Å². The lowest BCUT2D eigenvalue weighted by atomic mass is 9.97. The van der Waals surface area contributed by atoms with Crippen molar-refractivity contribution in [2.45, 2.75) is 51.3 Å². The molecule has 2 rings (SSSR count). The molecule has 0 aliphatic heterocycles. The van der Waals surface area contributed by atoms with Crippen molar-refractivity contribution in [3.63, 3.8) is 0 Å². The highest BCUT2D eigenvalue weighted by atomic mass is 127. The second-order valence-corrected chi connectivity index (χ2v) is 8.69. The molecule has 0 unspecified atom stereocenters. The molecule has 6 nitrogen and oxygen atoms in total. The molecule has 1 aliphatic rings. The molecule has 0 atom stereocenters. The molecule has 1 aromatic rings. The van der Waals surface area contributed by atoms with Crippen molar-refractivity contribution in [3.05, 3.63) is 47.0 Å². The third-order valence-electron chi connectivity index (χ3n) is 4.58. The maximum absolute atomic E-state index is 11.6. The minimum atomic E-state index is -3.24. The van der Waals surface area contributed by atoms with Gasteiger partial charge in [0.15, 0.2) is 5.96 Å². The first-order chi connectivity index (χ1) is 13.0. The first-order valence-electron chi connectivity index (χ1n) is 9.71. The third kappa shape index (κ3) is 9.38. The summed E-state index contributed by atoms with van der Waals surface area (Å²) in [6.07, 6.45) is 8.52. The van der Waals surface area contributed by atoms with Crippen molar-refractivity contribution in [1.82, 2.24) is 15.4 Å². The summed E-state index contributed by atoms with van der Waals surface area (Å²) in [5.74, 6) is 0.809. The standard InChI is InChI=1S/C20H32N4O2S.HI/c1-3-22-20(23-14-13-17-7-5-4-6-8-17)24-15-18-9-11-19(12-10-18)16-27(25,26)21-2;/h7,9-12,21H,3-6,8,13-16H2,1-2H3,(H2,22,23,24);1H. The molecule has 0 saturated carbocycles. The fraction of sp³-hybridized carbons (Fsp3) is 0.550. The van der Waals surface area contributed by atoms with E-state index in [1.807, 2.05) is 24.3 Å². The predicted octanol–water partition coefficient (Wildman–Crippen LogP) is 3.30. The Labute approximate surface area is 186 Å². The monoisotopic (exact) mass is 520 g/mol. The Balaban J connectivity index is 0.00000392. The van der Waals surface area contributed by atoms with E-state index in [0.29, 0.717) is 6.54 Å². The van der Waals surface area contributed by atoms with Gasteiger partial charge in [0, 0.05) is 13.1 Å². The molecule has 0 aromatic heterocycles. The number of guanidine groups is 1. The van der Waals surface area contributed by atoms with E-state index in [1.165, 1.54) is 32.7 Å². The second kappa shape index (κ2) is 13.2. The summed E-state index contributed by atoms with van der Waals surface area (Å²) in [6.45, 7) is 4.31. The Morgan fingerprint density at radius 2 is 1.82 bits per heavy atom. The Hall–Kier alpha value is -1.13. The fourth-order valence-corrected chi connectivity index (χ4v) is 3.79. The summed E-state index contributed by atoms with van der Waals surface area (Å²) in [4.78, 5) is 4.63. The number of hydrogen-bond acceptors (Lipinski definition) is 3. The summed E-state index contributed by atoms with van der Waals surface area (Å²) in [7, 11) is -1.81. The van der Waals surface area contributed by atoms with Crippen molar-refractivity contribution in [3.8, 4) is 0 Å². The summed E-state index contributed by atoms with van der Waals surface area (Å²) >= 11 is 0. The van der Waals surface area contributed by atoms with Gasteiger partial charge in [-0.05, 0) is 57.2 Å². The van der Waals surface area contributed by atoms with Crippen molar-refractivity contribution >= 4 is 40.0 Å². The molecule has 1 aromatic carbocycles. The van der Waals surface area contributed by atoms with Crippen molar-refractivity contribution in [2.75, 3.05) is 20.1 Å². The Kier molecular flexibility index (Phi) is 11.7. The van der Waals surface area contributed by atoms with E-state index in [4.69, 9.17) is 0 Å². The molecular weight excluding hydrogens is 487 g/mol. The zero-order valence-corrected chi connectivity index (χ0v) is 20.0. The van der Waals surface area contributed by atoms with E-state index in [-0.39, 0.29) is 29.7 Å². The van der Waals surface area contributed by atoms with Gasteiger partial charge in [-0.1, -0.05) is 35.9 Å². The van der Waals surface area contributed by atoms with Gasteiger partial charge in [0.1, 0.15) is 0 Å². The molecular formula is C20H33IN4O2S. The number of rotatable bonds is 9. The number of nitrogens with one attached hydrogen (secondary N) is 3. The van der Waals surface area contributed by atoms with E-state index >= 15 is 0 Å². The molecule has 28 heavy (non-hydrogen) atoms. The average molecular weight is 520 g/mol. The lowest BCUT2D eigenvalue weighted by Crippen LogP contribution is -2.37. The van der Waals surface area contributed by atoms with Crippen LogP contribution in [0.25, 0.3) is 0 Å². The minimum absolute atomic E-state index is 0. The molecule has 0 amide bonds. The topological polar surface area (TPSA) is 82.6 Å². The largest absolute Gasteiger partial charge is 0.357 e. The van der Waals surface area contributed by atoms with Gasteiger partial charge in [0.2, 0.25) is 10.0 Å². The molecule has 1 aliphatic carbocycles. The molecule has 0 radical (unpaired) electrons. The normalized spacial score (nSPS) is 14.8. The number of benzene rings is 1. The SMILES string of the molecule is CCNC(=NCc1ccc(CS(=O)(=O)NC)cc1)NCCC1=CCCCC1.I. The number of hydrogen-bond donors (Lipinski definition) is 3. The van der Waals surface area contributed by atoms with Crippen LogP contribution in [0.15, 0.2) is 40.9 Å². The molecule has 0 heterocycles. The number of sulfonamides is 1. The van der Waals surface area contributed by atoms with Gasteiger partial charge < -0.3 is 10.6 Å². The quantitative estimate of drug-likeness (QED) is 0.202. The Morgan fingerprint density at radius 3 is 2.43 bits per heavy atom. The number of aliphatic imine (C=N–C) groups is 1. The van der Waals surface area contributed by atoms with Crippen LogP contribution in [-0.4, -0.2) is 34.5 Å². The maximum atomic E-state index is 11.6. The van der Waals surface area contributed by atoms with Crippen molar-refractivity contribution in [1.29, 1.82) is 0 Å². The molecule has 0 saturated heterocycles. The van der Waals surface area contributed by atoms with Crippen LogP contribution in [0, 0.1) is 0 Å². The average Bonchev–Trinajstić information content (AvgIpc) is 2.68. The van der Waals surface area contributed by atoms with Crippen LogP contribution < -0.4 is 15.4 Å². The highest BCUT2D eigenvalue weighted by molar-refractivity contribution is 14.0. The highest BCUT2D eigenvalue weighted by Crippen LogP contribution is 2.19. The third-order valence-corrected chi connectivity index (χ3v) is 5.91. The van der Waals surface area contributed by atoms with Crippen LogP contribution in [-0.2, 0) is 22.3 Å². The van der Waals surface area contributed by atoms with Crippen LogP contribution >= 0.6 is 24.0 Å². The van der Waals surface area contributed by atoms with Gasteiger partial charge in [-0.3, -0.25) is 0 Å². The summed E-state index contributed by atoms with van der Waals surface area (Å²) < 4.78 is 25.5. The molecule has 0 bridgehead atoms. The minimum Gasteiger partial charge on any atom is -0.357 e. The van der Waals surface area contributed by atoms with Crippen LogP contribution in [0.1, 0.15) is 50.2 Å². The number of halogens is 1. The van der Waals surface area contributed by atoms with E-state index in [1.54, 1.807) is 5.57 Å². The lowest BCUT2D eigenvalue weighted by Gasteiger charge is -2.15. The summed E-state index contributed by atoms with van der Waals surface area (Å²) in [6, 6.07) is 7.55. The fourth-order valence-electron chi connectivity index (χ4n) is 3.02. The first-order valence-corrected chi connectivity index (χ1v) is 11.4. The van der Waals surface area contributed by atoms with E-state index in [2.05, 4.69) is 33.3 Å². The van der Waals surface area contributed by atoms with Crippen LogP contribution in [0.2, 0.25) is 0 Å². The molecule has 0 fully saturated rings.